The van der Waals surface area contributed by atoms with Gasteiger partial charge in [0.1, 0.15) is 5.54 Å². The van der Waals surface area contributed by atoms with Crippen molar-refractivity contribution in [1.29, 1.82) is 0 Å². The number of carbonyl (C=O) groups excluding carboxylic acids is 1. The lowest BCUT2D eigenvalue weighted by Gasteiger charge is -2.40. The monoisotopic (exact) mass is 282 g/mol. The third kappa shape index (κ3) is 3.34. The summed E-state index contributed by atoms with van der Waals surface area (Å²) >= 11 is 0. The first-order chi connectivity index (χ1) is 9.66. The van der Waals surface area contributed by atoms with Crippen LogP contribution in [-0.2, 0) is 9.53 Å². The summed E-state index contributed by atoms with van der Waals surface area (Å²) in [5.74, 6) is 1.19. The fourth-order valence-corrected chi connectivity index (χ4v) is 3.56. The summed E-state index contributed by atoms with van der Waals surface area (Å²) in [5, 5.41) is 3.33. The van der Waals surface area contributed by atoms with Gasteiger partial charge in [-0.15, -0.1) is 0 Å². The average molecular weight is 282 g/mol. The van der Waals surface area contributed by atoms with Crippen LogP contribution < -0.4 is 5.32 Å². The molecule has 2 aliphatic rings. The van der Waals surface area contributed by atoms with Crippen LogP contribution in [0.2, 0.25) is 0 Å². The molecule has 4 heteroatoms. The lowest BCUT2D eigenvalue weighted by Crippen LogP contribution is -2.61. The summed E-state index contributed by atoms with van der Waals surface area (Å²) in [4.78, 5) is 15.0. The van der Waals surface area contributed by atoms with E-state index in [0.717, 1.165) is 38.4 Å². The van der Waals surface area contributed by atoms with Gasteiger partial charge >= 0.3 is 5.97 Å². The second-order valence-electron chi connectivity index (χ2n) is 6.37. The van der Waals surface area contributed by atoms with Crippen molar-refractivity contribution in [2.75, 3.05) is 33.3 Å². The van der Waals surface area contributed by atoms with E-state index in [1.165, 1.54) is 19.3 Å². The number of rotatable bonds is 7. The summed E-state index contributed by atoms with van der Waals surface area (Å²) in [5.41, 5.74) is -0.481. The standard InChI is InChI=1S/C16H30N2O2/c1-4-13-7-6-10-18(11-13)12-16(17-3,14-8-9-14)15(19)20-5-2/h13-14,17H,4-12H2,1-3H3. The van der Waals surface area contributed by atoms with Crippen molar-refractivity contribution in [3.63, 3.8) is 0 Å². The van der Waals surface area contributed by atoms with E-state index in [4.69, 9.17) is 4.74 Å². The van der Waals surface area contributed by atoms with Crippen LogP contribution in [0.3, 0.4) is 0 Å². The van der Waals surface area contributed by atoms with Gasteiger partial charge in [0.15, 0.2) is 0 Å². The van der Waals surface area contributed by atoms with E-state index in [1.807, 2.05) is 14.0 Å². The first kappa shape index (κ1) is 15.8. The van der Waals surface area contributed by atoms with E-state index in [9.17, 15) is 4.79 Å². The molecule has 0 bridgehead atoms. The van der Waals surface area contributed by atoms with Crippen LogP contribution in [0.5, 0.6) is 0 Å². The smallest absolute Gasteiger partial charge is 0.327 e. The molecule has 2 atom stereocenters. The maximum atomic E-state index is 12.5. The van der Waals surface area contributed by atoms with E-state index in [2.05, 4.69) is 17.1 Å². The van der Waals surface area contributed by atoms with Crippen LogP contribution in [0, 0.1) is 11.8 Å². The van der Waals surface area contributed by atoms with Crippen molar-refractivity contribution >= 4 is 5.97 Å². The van der Waals surface area contributed by atoms with Crippen LogP contribution in [0.1, 0.15) is 46.0 Å². The minimum absolute atomic E-state index is 0.0522. The number of piperidine rings is 1. The molecule has 1 aliphatic heterocycles. The van der Waals surface area contributed by atoms with E-state index in [1.54, 1.807) is 0 Å². The highest BCUT2D eigenvalue weighted by Crippen LogP contribution is 2.41. The molecule has 0 aromatic heterocycles. The number of carbonyl (C=O) groups is 1. The van der Waals surface area contributed by atoms with Crippen LogP contribution in [0.15, 0.2) is 0 Å². The molecule has 1 heterocycles. The molecule has 1 saturated carbocycles. The molecule has 0 spiro atoms. The first-order valence-electron chi connectivity index (χ1n) is 8.24. The van der Waals surface area contributed by atoms with E-state index >= 15 is 0 Å². The molecule has 1 saturated heterocycles. The Labute approximate surface area is 123 Å². The molecule has 1 N–H and O–H groups in total. The van der Waals surface area contributed by atoms with Gasteiger partial charge in [-0.25, -0.2) is 4.79 Å². The van der Waals surface area contributed by atoms with Crippen molar-refractivity contribution in [2.24, 2.45) is 11.8 Å². The van der Waals surface area contributed by atoms with Gasteiger partial charge in [-0.3, -0.25) is 0 Å². The minimum atomic E-state index is -0.481. The highest BCUT2D eigenvalue weighted by molar-refractivity contribution is 5.82. The molecular formula is C16H30N2O2. The van der Waals surface area contributed by atoms with Gasteiger partial charge in [0, 0.05) is 13.1 Å². The summed E-state index contributed by atoms with van der Waals surface area (Å²) in [6.45, 7) is 7.68. The number of nitrogens with one attached hydrogen (secondary N) is 1. The number of hydrogen-bond acceptors (Lipinski definition) is 4. The van der Waals surface area contributed by atoms with Gasteiger partial charge in [0.05, 0.1) is 6.61 Å². The quantitative estimate of drug-likeness (QED) is 0.726. The van der Waals surface area contributed by atoms with Gasteiger partial charge in [-0.05, 0) is 58.0 Å². The van der Waals surface area contributed by atoms with Crippen molar-refractivity contribution in [2.45, 2.75) is 51.5 Å². The van der Waals surface area contributed by atoms with Gasteiger partial charge < -0.3 is 15.0 Å². The number of nitrogens with zero attached hydrogens (tertiary/aromatic N) is 1. The highest BCUT2D eigenvalue weighted by Gasteiger charge is 2.52. The zero-order chi connectivity index (χ0) is 14.6. The number of likely N-dealkylation sites (N-methyl/N-ethyl adjacent to an activating group) is 1. The second kappa shape index (κ2) is 6.90. The number of ether oxygens (including phenoxy) is 1. The van der Waals surface area contributed by atoms with Crippen molar-refractivity contribution in [1.82, 2.24) is 10.2 Å². The Morgan fingerprint density at radius 1 is 1.35 bits per heavy atom. The molecule has 20 heavy (non-hydrogen) atoms. The summed E-state index contributed by atoms with van der Waals surface area (Å²) in [6.07, 6.45) is 6.12. The lowest BCUT2D eigenvalue weighted by atomic mass is 9.89. The van der Waals surface area contributed by atoms with E-state index in [-0.39, 0.29) is 5.97 Å². The maximum Gasteiger partial charge on any atom is 0.327 e. The molecule has 0 aromatic carbocycles. The Balaban J connectivity index is 2.05. The Kier molecular flexibility index (Phi) is 5.44. The fourth-order valence-electron chi connectivity index (χ4n) is 3.56. The van der Waals surface area contributed by atoms with Crippen molar-refractivity contribution in [3.05, 3.63) is 0 Å². The topological polar surface area (TPSA) is 41.6 Å². The fraction of sp³-hybridized carbons (Fsp3) is 0.938. The normalized spacial score (nSPS) is 27.1. The van der Waals surface area contributed by atoms with Crippen molar-refractivity contribution in [3.8, 4) is 0 Å². The third-order valence-electron chi connectivity index (χ3n) is 5.01. The molecule has 0 radical (unpaired) electrons. The maximum absolute atomic E-state index is 12.5. The molecule has 2 unspecified atom stereocenters. The number of esters is 1. The summed E-state index contributed by atoms with van der Waals surface area (Å²) in [6, 6.07) is 0. The van der Waals surface area contributed by atoms with Crippen LogP contribution in [0.4, 0.5) is 0 Å². The first-order valence-corrected chi connectivity index (χ1v) is 8.24. The highest BCUT2D eigenvalue weighted by atomic mass is 16.5. The molecule has 0 amide bonds. The predicted molar refractivity (Wildman–Crippen MR) is 80.6 cm³/mol. The van der Waals surface area contributed by atoms with E-state index in [0.29, 0.717) is 12.5 Å². The van der Waals surface area contributed by atoms with Crippen molar-refractivity contribution < 1.29 is 9.53 Å². The average Bonchev–Trinajstić information content (AvgIpc) is 3.30. The second-order valence-corrected chi connectivity index (χ2v) is 6.37. The molecule has 0 aromatic rings. The molecular weight excluding hydrogens is 252 g/mol. The van der Waals surface area contributed by atoms with Gasteiger partial charge in [0.2, 0.25) is 0 Å². The molecule has 1 aliphatic carbocycles. The van der Waals surface area contributed by atoms with Crippen LogP contribution in [0.25, 0.3) is 0 Å². The minimum Gasteiger partial charge on any atom is -0.465 e. The summed E-state index contributed by atoms with van der Waals surface area (Å²) in [7, 11) is 1.91. The third-order valence-corrected chi connectivity index (χ3v) is 5.01. The Morgan fingerprint density at radius 2 is 2.10 bits per heavy atom. The SMILES string of the molecule is CCOC(=O)C(CN1CCCC(CC)C1)(NC)C1CC1. The van der Waals surface area contributed by atoms with Gasteiger partial charge in [-0.1, -0.05) is 13.3 Å². The number of likely N-dealkylation sites (tertiary alicyclic amines) is 1. The molecule has 2 fully saturated rings. The zero-order valence-corrected chi connectivity index (χ0v) is 13.3. The molecule has 2 rings (SSSR count). The van der Waals surface area contributed by atoms with Crippen LogP contribution >= 0.6 is 0 Å². The van der Waals surface area contributed by atoms with Crippen LogP contribution in [-0.4, -0.2) is 49.7 Å². The lowest BCUT2D eigenvalue weighted by molar-refractivity contribution is -0.153. The van der Waals surface area contributed by atoms with Gasteiger partial charge in [-0.2, -0.15) is 0 Å². The molecule has 116 valence electrons. The van der Waals surface area contributed by atoms with Gasteiger partial charge in [0.25, 0.3) is 0 Å². The van der Waals surface area contributed by atoms with E-state index < -0.39 is 5.54 Å². The molecule has 4 nitrogen and oxygen atoms in total. The largest absolute Gasteiger partial charge is 0.465 e. The summed E-state index contributed by atoms with van der Waals surface area (Å²) < 4.78 is 5.37. The Hall–Kier alpha value is -0.610. The predicted octanol–water partition coefficient (Wildman–Crippen LogP) is 2.04. The Bertz CT molecular complexity index is 330. The Morgan fingerprint density at radius 3 is 2.65 bits per heavy atom. The number of hydrogen-bond donors (Lipinski definition) is 1. The zero-order valence-electron chi connectivity index (χ0n) is 13.3.